The maximum absolute atomic E-state index is 3.54. The summed E-state index contributed by atoms with van der Waals surface area (Å²) >= 11 is 3.54. The van der Waals surface area contributed by atoms with Gasteiger partial charge in [0.15, 0.2) is 0 Å². The summed E-state index contributed by atoms with van der Waals surface area (Å²) in [5, 5.41) is 0. The Kier molecular flexibility index (Phi) is 12.9. The average molecular weight is 331 g/mol. The highest BCUT2D eigenvalue weighted by Gasteiger charge is 2.10. The van der Waals surface area contributed by atoms with E-state index in [1.165, 1.54) is 45.1 Å². The van der Waals surface area contributed by atoms with Gasteiger partial charge < -0.3 is 21.5 Å². The lowest BCUT2D eigenvalue weighted by Crippen LogP contribution is -3.00. The van der Waals surface area contributed by atoms with Crippen molar-refractivity contribution in [1.82, 2.24) is 0 Å². The van der Waals surface area contributed by atoms with Crippen molar-refractivity contribution < 1.29 is 21.5 Å². The maximum Gasteiger partial charge on any atom is 0.133 e. The quantitative estimate of drug-likeness (QED) is 0.267. The van der Waals surface area contributed by atoms with Crippen LogP contribution in [0.5, 0.6) is 0 Å². The molecular formula is C11H25Br2N. The minimum absolute atomic E-state index is 0. The van der Waals surface area contributed by atoms with Crippen LogP contribution in [0.3, 0.4) is 0 Å². The van der Waals surface area contributed by atoms with Crippen LogP contribution in [0.15, 0.2) is 0 Å². The van der Waals surface area contributed by atoms with Crippen molar-refractivity contribution in [1.29, 1.82) is 0 Å². The van der Waals surface area contributed by atoms with Crippen LogP contribution in [-0.2, 0) is 0 Å². The number of unbranched alkanes of at least 4 members (excludes halogenated alkanes) is 5. The lowest BCUT2D eigenvalue weighted by Gasteiger charge is -2.26. The second kappa shape index (κ2) is 10.4. The lowest BCUT2D eigenvalue weighted by atomic mass is 10.1. The van der Waals surface area contributed by atoms with E-state index < -0.39 is 0 Å². The standard InChI is InChI=1S/C11H25BrN.BrH/c1-4-5-6-7-8-9-10-13(2,3)11-12;/h4-11H2,1-3H3;1H/q+1;/p-1. The normalized spacial score (nSPS) is 11.1. The largest absolute Gasteiger partial charge is 1.00 e. The van der Waals surface area contributed by atoms with Crippen LogP contribution in [-0.4, -0.2) is 30.6 Å². The fraction of sp³-hybridized carbons (Fsp3) is 1.00. The summed E-state index contributed by atoms with van der Waals surface area (Å²) < 4.78 is 1.10. The molecule has 0 N–H and O–H groups in total. The van der Waals surface area contributed by atoms with Gasteiger partial charge in [0.2, 0.25) is 0 Å². The number of alkyl halides is 1. The van der Waals surface area contributed by atoms with Crippen LogP contribution < -0.4 is 17.0 Å². The summed E-state index contributed by atoms with van der Waals surface area (Å²) in [6, 6.07) is 0. The van der Waals surface area contributed by atoms with E-state index in [0.717, 1.165) is 9.94 Å². The summed E-state index contributed by atoms with van der Waals surface area (Å²) in [6.45, 7) is 3.57. The molecule has 14 heavy (non-hydrogen) atoms. The second-order valence-corrected chi connectivity index (χ2v) is 5.05. The summed E-state index contributed by atoms with van der Waals surface area (Å²) in [5.41, 5.74) is 1.07. The number of hydrogen-bond donors (Lipinski definition) is 0. The first-order chi connectivity index (χ1) is 6.12. The van der Waals surface area contributed by atoms with Crippen molar-refractivity contribution in [3.63, 3.8) is 0 Å². The van der Waals surface area contributed by atoms with E-state index in [1.807, 2.05) is 0 Å². The molecule has 88 valence electrons. The van der Waals surface area contributed by atoms with E-state index in [9.17, 15) is 0 Å². The molecule has 0 unspecified atom stereocenters. The molecular weight excluding hydrogens is 306 g/mol. The highest BCUT2D eigenvalue weighted by atomic mass is 79.9. The molecule has 0 heterocycles. The zero-order valence-electron chi connectivity index (χ0n) is 9.86. The van der Waals surface area contributed by atoms with Gasteiger partial charge in [-0.25, -0.2) is 0 Å². The van der Waals surface area contributed by atoms with Gasteiger partial charge >= 0.3 is 0 Å². The Morgan fingerprint density at radius 1 is 0.929 bits per heavy atom. The van der Waals surface area contributed by atoms with E-state index in [0.29, 0.717) is 0 Å². The molecule has 0 atom stereocenters. The Labute approximate surface area is 109 Å². The highest BCUT2D eigenvalue weighted by Crippen LogP contribution is 2.08. The number of hydrogen-bond acceptors (Lipinski definition) is 0. The first-order valence-corrected chi connectivity index (χ1v) is 6.62. The fourth-order valence-corrected chi connectivity index (χ4v) is 1.63. The molecule has 0 rings (SSSR count). The molecule has 0 aromatic heterocycles. The molecule has 0 aliphatic heterocycles. The van der Waals surface area contributed by atoms with E-state index in [2.05, 4.69) is 36.9 Å². The van der Waals surface area contributed by atoms with E-state index in [-0.39, 0.29) is 17.0 Å². The zero-order chi connectivity index (χ0) is 10.2. The summed E-state index contributed by atoms with van der Waals surface area (Å²) in [4.78, 5) is 0. The fourth-order valence-electron chi connectivity index (χ4n) is 1.38. The van der Waals surface area contributed by atoms with Crippen molar-refractivity contribution >= 4 is 15.9 Å². The molecule has 0 aliphatic carbocycles. The molecule has 0 aliphatic rings. The van der Waals surface area contributed by atoms with Gasteiger partial charge in [-0.1, -0.05) is 32.6 Å². The topological polar surface area (TPSA) is 0 Å². The van der Waals surface area contributed by atoms with Crippen LogP contribution in [0.25, 0.3) is 0 Å². The average Bonchev–Trinajstić information content (AvgIpc) is 2.11. The summed E-state index contributed by atoms with van der Waals surface area (Å²) in [7, 11) is 4.56. The zero-order valence-corrected chi connectivity index (χ0v) is 13.0. The van der Waals surface area contributed by atoms with E-state index >= 15 is 0 Å². The Morgan fingerprint density at radius 2 is 1.43 bits per heavy atom. The Hall–Kier alpha value is 0.920. The first kappa shape index (κ1) is 17.3. The van der Waals surface area contributed by atoms with Gasteiger partial charge in [-0.2, -0.15) is 0 Å². The summed E-state index contributed by atoms with van der Waals surface area (Å²) in [5.74, 6) is 0. The second-order valence-electron chi connectivity index (χ2n) is 4.55. The molecule has 1 nitrogen and oxygen atoms in total. The summed E-state index contributed by atoms with van der Waals surface area (Å²) in [6.07, 6.45) is 8.41. The molecule has 0 saturated heterocycles. The predicted octanol–water partition coefficient (Wildman–Crippen LogP) is 0.780. The molecule has 0 saturated carbocycles. The number of rotatable bonds is 8. The van der Waals surface area contributed by atoms with Gasteiger partial charge in [-0.15, -0.1) is 0 Å². The predicted molar refractivity (Wildman–Crippen MR) is 64.1 cm³/mol. The van der Waals surface area contributed by atoms with Crippen molar-refractivity contribution in [2.24, 2.45) is 0 Å². The van der Waals surface area contributed by atoms with Crippen LogP contribution >= 0.6 is 15.9 Å². The van der Waals surface area contributed by atoms with Crippen LogP contribution in [0.4, 0.5) is 0 Å². The minimum atomic E-state index is 0. The molecule has 0 radical (unpaired) electrons. The van der Waals surface area contributed by atoms with E-state index in [4.69, 9.17) is 0 Å². The third-order valence-electron chi connectivity index (χ3n) is 2.44. The van der Waals surface area contributed by atoms with Gasteiger partial charge in [-0.3, -0.25) is 0 Å². The van der Waals surface area contributed by atoms with Crippen molar-refractivity contribution in [3.8, 4) is 0 Å². The van der Waals surface area contributed by atoms with Crippen LogP contribution in [0, 0.1) is 0 Å². The smallest absolute Gasteiger partial charge is 0.133 e. The van der Waals surface area contributed by atoms with Gasteiger partial charge in [-0.05, 0) is 28.8 Å². The molecule has 0 bridgehead atoms. The lowest BCUT2D eigenvalue weighted by molar-refractivity contribution is -0.876. The molecule has 0 spiro atoms. The number of quaternary nitrogens is 1. The van der Waals surface area contributed by atoms with Gasteiger partial charge in [0, 0.05) is 0 Å². The van der Waals surface area contributed by atoms with Crippen molar-refractivity contribution in [3.05, 3.63) is 0 Å². The first-order valence-electron chi connectivity index (χ1n) is 5.50. The Balaban J connectivity index is 0. The van der Waals surface area contributed by atoms with Gasteiger partial charge in [0.05, 0.1) is 20.6 Å². The molecule has 0 amide bonds. The van der Waals surface area contributed by atoms with Crippen molar-refractivity contribution in [2.75, 3.05) is 26.1 Å². The number of nitrogens with zero attached hydrogens (tertiary/aromatic N) is 1. The van der Waals surface area contributed by atoms with Crippen LogP contribution in [0.1, 0.15) is 45.4 Å². The Bertz CT molecular complexity index is 116. The third-order valence-corrected chi connectivity index (χ3v) is 3.80. The molecule has 3 heteroatoms. The molecule has 0 aromatic rings. The Morgan fingerprint density at radius 3 is 1.93 bits per heavy atom. The maximum atomic E-state index is 3.54. The molecule has 0 aromatic carbocycles. The van der Waals surface area contributed by atoms with Gasteiger partial charge in [0.1, 0.15) is 5.45 Å². The molecule has 0 fully saturated rings. The van der Waals surface area contributed by atoms with E-state index in [1.54, 1.807) is 0 Å². The van der Waals surface area contributed by atoms with Crippen LogP contribution in [0.2, 0.25) is 0 Å². The minimum Gasteiger partial charge on any atom is -1.00 e. The monoisotopic (exact) mass is 329 g/mol. The number of halogens is 2. The van der Waals surface area contributed by atoms with Crippen molar-refractivity contribution in [2.45, 2.75) is 45.4 Å². The highest BCUT2D eigenvalue weighted by molar-refractivity contribution is 9.09. The SMILES string of the molecule is CCCCCCCC[N+](C)(C)CBr.[Br-]. The third kappa shape index (κ3) is 11.0. The van der Waals surface area contributed by atoms with Gasteiger partial charge in [0.25, 0.3) is 0 Å².